The third-order valence-corrected chi connectivity index (χ3v) is 8.18. The molecule has 0 atom stereocenters. The average molecular weight is 475 g/mol. The van der Waals surface area contributed by atoms with Gasteiger partial charge < -0.3 is 14.7 Å². The second-order valence-electron chi connectivity index (χ2n) is 8.62. The molecule has 1 aliphatic heterocycles. The second-order valence-corrected chi connectivity index (χ2v) is 10.6. The topological polar surface area (TPSA) is 22.1 Å². The Hall–Kier alpha value is -1.37. The number of rotatable bonds is 10. The molecule has 4 nitrogen and oxygen atoms in total. The van der Waals surface area contributed by atoms with Gasteiger partial charge in [0.05, 0.1) is 5.88 Å². The first-order valence-electron chi connectivity index (χ1n) is 11.7. The fourth-order valence-corrected chi connectivity index (χ4v) is 5.92. The predicted molar refractivity (Wildman–Crippen MR) is 147 cm³/mol. The summed E-state index contributed by atoms with van der Waals surface area (Å²) in [6.45, 7) is 28.7. The molecule has 32 heavy (non-hydrogen) atoms. The van der Waals surface area contributed by atoms with Crippen LogP contribution in [0.2, 0.25) is 0 Å². The maximum atomic E-state index is 5.02. The quantitative estimate of drug-likeness (QED) is 0.343. The fourth-order valence-electron chi connectivity index (χ4n) is 3.84. The van der Waals surface area contributed by atoms with Gasteiger partial charge in [0.2, 0.25) is 0 Å². The SMILES string of the molecule is C=C(C)CN1C(=C)C(=C)C2=C(CCCC2)SC/N=C\1SCC(=C)N(CC)CCN(C)CC. The van der Waals surface area contributed by atoms with E-state index in [9.17, 15) is 0 Å². The molecule has 0 saturated heterocycles. The van der Waals surface area contributed by atoms with E-state index in [1.807, 2.05) is 11.8 Å². The van der Waals surface area contributed by atoms with E-state index in [0.29, 0.717) is 6.54 Å². The third kappa shape index (κ3) is 7.60. The molecule has 0 aromatic carbocycles. The number of aliphatic imine (C=N–C) groups is 1. The van der Waals surface area contributed by atoms with Crippen LogP contribution in [0.5, 0.6) is 0 Å². The van der Waals surface area contributed by atoms with E-state index >= 15 is 0 Å². The van der Waals surface area contributed by atoms with Crippen LogP contribution in [0.3, 0.4) is 0 Å². The van der Waals surface area contributed by atoms with Crippen molar-refractivity contribution in [2.24, 2.45) is 4.99 Å². The lowest BCUT2D eigenvalue weighted by Gasteiger charge is -2.31. The molecule has 0 spiro atoms. The zero-order valence-electron chi connectivity index (χ0n) is 20.7. The largest absolute Gasteiger partial charge is 0.374 e. The zero-order valence-corrected chi connectivity index (χ0v) is 22.3. The van der Waals surface area contributed by atoms with E-state index in [-0.39, 0.29) is 0 Å². The molecule has 0 radical (unpaired) electrons. The summed E-state index contributed by atoms with van der Waals surface area (Å²) in [6, 6.07) is 0. The highest BCUT2D eigenvalue weighted by Gasteiger charge is 2.25. The smallest absolute Gasteiger partial charge is 0.165 e. The van der Waals surface area contributed by atoms with Gasteiger partial charge in [0, 0.05) is 43.3 Å². The highest BCUT2D eigenvalue weighted by atomic mass is 32.2. The molecule has 0 aromatic heterocycles. The Morgan fingerprint density at radius 1 is 1.12 bits per heavy atom. The van der Waals surface area contributed by atoms with Crippen LogP contribution in [0.1, 0.15) is 46.5 Å². The first kappa shape index (κ1) is 26.9. The van der Waals surface area contributed by atoms with Crippen molar-refractivity contribution >= 4 is 28.7 Å². The number of allylic oxidation sites excluding steroid dienone is 2. The molecule has 1 heterocycles. The summed E-state index contributed by atoms with van der Waals surface area (Å²) in [5.74, 6) is 1.55. The molecule has 178 valence electrons. The van der Waals surface area contributed by atoms with Gasteiger partial charge in [-0.15, -0.1) is 11.8 Å². The Bertz CT molecular complexity index is 781. The third-order valence-electron chi connectivity index (χ3n) is 6.04. The molecule has 2 rings (SSSR count). The van der Waals surface area contributed by atoms with Crippen molar-refractivity contribution in [2.45, 2.75) is 46.5 Å². The van der Waals surface area contributed by atoms with E-state index in [0.717, 1.165) is 78.4 Å². The van der Waals surface area contributed by atoms with E-state index in [1.165, 1.54) is 23.3 Å². The number of nitrogens with zero attached hydrogens (tertiary/aromatic N) is 4. The normalized spacial score (nSPS) is 19.2. The van der Waals surface area contributed by atoms with Crippen molar-refractivity contribution < 1.29 is 0 Å². The minimum atomic E-state index is 0.711. The van der Waals surface area contributed by atoms with Gasteiger partial charge in [-0.2, -0.15) is 0 Å². The molecule has 0 unspecified atom stereocenters. The Morgan fingerprint density at radius 3 is 2.50 bits per heavy atom. The monoisotopic (exact) mass is 474 g/mol. The summed E-state index contributed by atoms with van der Waals surface area (Å²) in [5, 5.41) is 0.995. The Morgan fingerprint density at radius 2 is 1.84 bits per heavy atom. The number of hydrogen-bond donors (Lipinski definition) is 0. The van der Waals surface area contributed by atoms with Crippen molar-refractivity contribution in [3.8, 4) is 0 Å². The maximum absolute atomic E-state index is 5.02. The predicted octanol–water partition coefficient (Wildman–Crippen LogP) is 6.34. The summed E-state index contributed by atoms with van der Waals surface area (Å²) in [4.78, 5) is 13.4. The molecule has 0 amide bonds. The van der Waals surface area contributed by atoms with Gasteiger partial charge in [0.15, 0.2) is 5.17 Å². The van der Waals surface area contributed by atoms with Crippen molar-refractivity contribution in [3.05, 3.63) is 59.3 Å². The molecule has 6 heteroatoms. The summed E-state index contributed by atoms with van der Waals surface area (Å²) >= 11 is 3.63. The van der Waals surface area contributed by atoms with Crippen LogP contribution in [0.25, 0.3) is 0 Å². The molecular weight excluding hydrogens is 432 g/mol. The molecule has 0 aromatic rings. The zero-order chi connectivity index (χ0) is 23.7. The molecule has 0 bridgehead atoms. The first-order chi connectivity index (χ1) is 15.3. The highest BCUT2D eigenvalue weighted by molar-refractivity contribution is 8.14. The van der Waals surface area contributed by atoms with Crippen molar-refractivity contribution in [1.29, 1.82) is 0 Å². The van der Waals surface area contributed by atoms with Gasteiger partial charge in [-0.05, 0) is 69.2 Å². The molecule has 2 aliphatic rings. The lowest BCUT2D eigenvalue weighted by molar-refractivity contribution is 0.278. The number of thioether (sulfide) groups is 2. The van der Waals surface area contributed by atoms with Crippen molar-refractivity contribution in [2.75, 3.05) is 51.4 Å². The van der Waals surface area contributed by atoms with Gasteiger partial charge in [-0.1, -0.05) is 50.6 Å². The molecular formula is C26H42N4S2. The van der Waals surface area contributed by atoms with Crippen molar-refractivity contribution in [1.82, 2.24) is 14.7 Å². The van der Waals surface area contributed by atoms with Crippen LogP contribution in [0, 0.1) is 0 Å². The fraction of sp³-hybridized carbons (Fsp3) is 0.577. The van der Waals surface area contributed by atoms with Crippen LogP contribution < -0.4 is 0 Å². The summed E-state index contributed by atoms with van der Waals surface area (Å²) < 4.78 is 0. The second kappa shape index (κ2) is 13.4. The minimum Gasteiger partial charge on any atom is -0.374 e. The number of hydrogen-bond acceptors (Lipinski definition) is 6. The van der Waals surface area contributed by atoms with Gasteiger partial charge in [-0.25, -0.2) is 0 Å². The van der Waals surface area contributed by atoms with Gasteiger partial charge in [-0.3, -0.25) is 4.99 Å². The molecule has 1 aliphatic carbocycles. The maximum Gasteiger partial charge on any atom is 0.165 e. The Kier molecular flexibility index (Phi) is 11.2. The van der Waals surface area contributed by atoms with Crippen LogP contribution in [-0.2, 0) is 0 Å². The highest BCUT2D eigenvalue weighted by Crippen LogP contribution is 2.40. The molecule has 0 saturated carbocycles. The van der Waals surface area contributed by atoms with Crippen LogP contribution >= 0.6 is 23.5 Å². The van der Waals surface area contributed by atoms with Crippen LogP contribution in [0.15, 0.2) is 64.3 Å². The van der Waals surface area contributed by atoms with Gasteiger partial charge in [0.1, 0.15) is 0 Å². The number of likely N-dealkylation sites (N-methyl/N-ethyl adjacent to an activating group) is 2. The minimum absolute atomic E-state index is 0.711. The average Bonchev–Trinajstić information content (AvgIpc) is 2.82. The lowest BCUT2D eigenvalue weighted by atomic mass is 9.92. The standard InChI is InChI=1S/C26H42N4S2/c1-9-28(8)15-16-29(10-2)21(5)18-31-26-27-19-32-25-14-12-11-13-24(25)22(6)23(7)30(26)17-20(3)4/h3,5-7,9-19H2,1-2,4,8H3/b27-26+. The Balaban J connectivity index is 2.17. The van der Waals surface area contributed by atoms with E-state index < -0.39 is 0 Å². The summed E-state index contributed by atoms with van der Waals surface area (Å²) in [7, 11) is 2.16. The molecule has 0 fully saturated rings. The van der Waals surface area contributed by atoms with Crippen LogP contribution in [0.4, 0.5) is 0 Å². The van der Waals surface area contributed by atoms with E-state index in [1.54, 1.807) is 11.8 Å². The van der Waals surface area contributed by atoms with Crippen LogP contribution in [-0.4, -0.2) is 71.3 Å². The van der Waals surface area contributed by atoms with E-state index in [4.69, 9.17) is 4.99 Å². The number of amidine groups is 1. The first-order valence-corrected chi connectivity index (χ1v) is 13.7. The van der Waals surface area contributed by atoms with Gasteiger partial charge >= 0.3 is 0 Å². The lowest BCUT2D eigenvalue weighted by Crippen LogP contribution is -2.34. The summed E-state index contributed by atoms with van der Waals surface area (Å²) in [5.41, 5.74) is 5.66. The summed E-state index contributed by atoms with van der Waals surface area (Å²) in [6.07, 6.45) is 4.72. The van der Waals surface area contributed by atoms with Crippen molar-refractivity contribution in [3.63, 3.8) is 0 Å². The Labute approximate surface area is 205 Å². The van der Waals surface area contributed by atoms with E-state index in [2.05, 4.69) is 68.8 Å². The van der Waals surface area contributed by atoms with Gasteiger partial charge in [0.25, 0.3) is 0 Å². The molecule has 0 N–H and O–H groups in total.